The third-order valence-corrected chi connectivity index (χ3v) is 3.77. The lowest BCUT2D eigenvalue weighted by Crippen LogP contribution is -2.28. The lowest BCUT2D eigenvalue weighted by Gasteiger charge is -2.12. The number of carbonyl (C=O) groups excluding carboxylic acids is 2. The zero-order chi connectivity index (χ0) is 19.2. The smallest absolute Gasteiger partial charge is 0.254 e. The second kappa shape index (κ2) is 8.22. The van der Waals surface area contributed by atoms with Gasteiger partial charge in [0.15, 0.2) is 0 Å². The summed E-state index contributed by atoms with van der Waals surface area (Å²) in [6.45, 7) is 0.00866. The first-order valence-electron chi connectivity index (χ1n) is 8.15. The number of hydrogen-bond acceptors (Lipinski definition) is 3. The molecule has 0 aliphatic rings. The molecule has 1 aromatic heterocycles. The summed E-state index contributed by atoms with van der Waals surface area (Å²) in [6, 6.07) is 9.89. The number of imidazole rings is 1. The highest BCUT2D eigenvalue weighted by atomic mass is 19.1. The Morgan fingerprint density at radius 2 is 1.93 bits per heavy atom. The summed E-state index contributed by atoms with van der Waals surface area (Å²) in [6.07, 6.45) is 4.99. The van der Waals surface area contributed by atoms with E-state index >= 15 is 0 Å². The second-order valence-corrected chi connectivity index (χ2v) is 5.67. The van der Waals surface area contributed by atoms with Crippen LogP contribution in [0.4, 0.5) is 14.5 Å². The molecule has 8 heteroatoms. The Morgan fingerprint density at radius 1 is 1.11 bits per heavy atom. The number of carbonyl (C=O) groups is 2. The molecule has 0 fully saturated rings. The van der Waals surface area contributed by atoms with Crippen LogP contribution in [0.1, 0.15) is 16.8 Å². The summed E-state index contributed by atoms with van der Waals surface area (Å²) in [5.41, 5.74) is 1.07. The number of nitrogens with one attached hydrogen (secondary N) is 2. The Labute approximate surface area is 153 Å². The summed E-state index contributed by atoms with van der Waals surface area (Å²) in [4.78, 5) is 28.0. The van der Waals surface area contributed by atoms with Crippen molar-refractivity contribution in [3.63, 3.8) is 0 Å². The van der Waals surface area contributed by atoms with Crippen LogP contribution < -0.4 is 10.6 Å². The number of nitrogens with zero attached hydrogens (tertiary/aromatic N) is 2. The standard InChI is InChI=1S/C19H16F2N4O2/c20-13-5-6-14(15(21)11-13)19(27)23-8-7-18(26)24-16-3-1-2-4-17(16)25-10-9-22-12-25/h1-6,9-12H,7-8H2,(H,23,27)(H,24,26). The van der Waals surface area contributed by atoms with Crippen LogP contribution in [-0.2, 0) is 4.79 Å². The first-order valence-corrected chi connectivity index (χ1v) is 8.15. The third-order valence-electron chi connectivity index (χ3n) is 3.77. The highest BCUT2D eigenvalue weighted by Crippen LogP contribution is 2.19. The number of amides is 2. The molecule has 2 aromatic carbocycles. The normalized spacial score (nSPS) is 10.4. The third kappa shape index (κ3) is 4.55. The summed E-state index contributed by atoms with van der Waals surface area (Å²) < 4.78 is 28.2. The van der Waals surface area contributed by atoms with Crippen LogP contribution in [0.5, 0.6) is 0 Å². The fraction of sp³-hybridized carbons (Fsp3) is 0.105. The van der Waals surface area contributed by atoms with Crippen molar-refractivity contribution in [3.05, 3.63) is 78.4 Å². The fourth-order valence-corrected chi connectivity index (χ4v) is 2.48. The van der Waals surface area contributed by atoms with Gasteiger partial charge >= 0.3 is 0 Å². The molecule has 27 heavy (non-hydrogen) atoms. The second-order valence-electron chi connectivity index (χ2n) is 5.67. The quantitative estimate of drug-likeness (QED) is 0.701. The molecule has 0 radical (unpaired) electrons. The van der Waals surface area contributed by atoms with Crippen molar-refractivity contribution in [3.8, 4) is 5.69 Å². The van der Waals surface area contributed by atoms with Crippen molar-refractivity contribution in [1.29, 1.82) is 0 Å². The van der Waals surface area contributed by atoms with Crippen LogP contribution >= 0.6 is 0 Å². The van der Waals surface area contributed by atoms with E-state index < -0.39 is 17.5 Å². The van der Waals surface area contributed by atoms with Crippen molar-refractivity contribution in [1.82, 2.24) is 14.9 Å². The van der Waals surface area contributed by atoms with E-state index in [4.69, 9.17) is 0 Å². The van der Waals surface area contributed by atoms with E-state index in [0.29, 0.717) is 11.8 Å². The van der Waals surface area contributed by atoms with E-state index in [0.717, 1.165) is 17.8 Å². The van der Waals surface area contributed by atoms with E-state index in [1.807, 2.05) is 12.1 Å². The van der Waals surface area contributed by atoms with Crippen LogP contribution in [0.2, 0.25) is 0 Å². The zero-order valence-corrected chi connectivity index (χ0v) is 14.2. The van der Waals surface area contributed by atoms with Crippen molar-refractivity contribution >= 4 is 17.5 Å². The molecule has 138 valence electrons. The van der Waals surface area contributed by atoms with Crippen molar-refractivity contribution in [2.24, 2.45) is 0 Å². The molecular weight excluding hydrogens is 354 g/mol. The maximum absolute atomic E-state index is 13.6. The minimum Gasteiger partial charge on any atom is -0.351 e. The number of hydrogen-bond donors (Lipinski definition) is 2. The van der Waals surface area contributed by atoms with Gasteiger partial charge in [-0.05, 0) is 24.3 Å². The molecular formula is C19H16F2N4O2. The maximum Gasteiger partial charge on any atom is 0.254 e. The minimum absolute atomic E-state index is 0.00713. The first kappa shape index (κ1) is 18.2. The number of benzene rings is 2. The Balaban J connectivity index is 1.56. The Hall–Kier alpha value is -3.55. The fourth-order valence-electron chi connectivity index (χ4n) is 2.48. The van der Waals surface area contributed by atoms with Crippen LogP contribution in [0, 0.1) is 11.6 Å². The zero-order valence-electron chi connectivity index (χ0n) is 14.2. The number of rotatable bonds is 6. The van der Waals surface area contributed by atoms with Crippen LogP contribution in [0.15, 0.2) is 61.2 Å². The summed E-state index contributed by atoms with van der Waals surface area (Å²) >= 11 is 0. The average Bonchev–Trinajstić information content (AvgIpc) is 3.16. The monoisotopic (exact) mass is 370 g/mol. The molecule has 0 aliphatic heterocycles. The number of aromatic nitrogens is 2. The average molecular weight is 370 g/mol. The maximum atomic E-state index is 13.6. The van der Waals surface area contributed by atoms with E-state index in [1.165, 1.54) is 0 Å². The summed E-state index contributed by atoms with van der Waals surface area (Å²) in [5.74, 6) is -2.74. The molecule has 0 bridgehead atoms. The molecule has 3 rings (SSSR count). The molecule has 0 unspecified atom stereocenters. The van der Waals surface area contributed by atoms with Crippen LogP contribution in [0.25, 0.3) is 5.69 Å². The molecule has 0 saturated carbocycles. The molecule has 3 aromatic rings. The van der Waals surface area contributed by atoms with Gasteiger partial charge in [-0.25, -0.2) is 13.8 Å². The molecule has 6 nitrogen and oxygen atoms in total. The Kier molecular flexibility index (Phi) is 5.55. The van der Waals surface area contributed by atoms with Gasteiger partial charge in [0.2, 0.25) is 5.91 Å². The summed E-state index contributed by atoms with van der Waals surface area (Å²) in [7, 11) is 0. The first-order chi connectivity index (χ1) is 13.0. The molecule has 0 atom stereocenters. The molecule has 2 amide bonds. The highest BCUT2D eigenvalue weighted by Gasteiger charge is 2.13. The SMILES string of the molecule is O=C(CCNC(=O)c1ccc(F)cc1F)Nc1ccccc1-n1ccnc1. The van der Waals surface area contributed by atoms with Gasteiger partial charge in [-0.2, -0.15) is 0 Å². The number of halogens is 2. The minimum atomic E-state index is -0.953. The van der Waals surface area contributed by atoms with Crippen LogP contribution in [-0.4, -0.2) is 27.9 Å². The van der Waals surface area contributed by atoms with Gasteiger partial charge in [-0.1, -0.05) is 12.1 Å². The van der Waals surface area contributed by atoms with E-state index in [-0.39, 0.29) is 24.4 Å². The van der Waals surface area contributed by atoms with Crippen molar-refractivity contribution in [2.75, 3.05) is 11.9 Å². The van der Waals surface area contributed by atoms with Crippen molar-refractivity contribution < 1.29 is 18.4 Å². The van der Waals surface area contributed by atoms with Gasteiger partial charge in [0, 0.05) is 31.4 Å². The largest absolute Gasteiger partial charge is 0.351 e. The van der Waals surface area contributed by atoms with Gasteiger partial charge in [-0.15, -0.1) is 0 Å². The van der Waals surface area contributed by atoms with Gasteiger partial charge in [-0.3, -0.25) is 9.59 Å². The molecule has 0 aliphatic carbocycles. The molecule has 0 saturated heterocycles. The van der Waals surface area contributed by atoms with Gasteiger partial charge in [0.25, 0.3) is 5.91 Å². The lowest BCUT2D eigenvalue weighted by molar-refractivity contribution is -0.116. The Bertz CT molecular complexity index is 958. The number of para-hydroxylation sites is 2. The molecule has 1 heterocycles. The van der Waals surface area contributed by atoms with Crippen molar-refractivity contribution in [2.45, 2.75) is 6.42 Å². The van der Waals surface area contributed by atoms with Gasteiger partial charge in [0.1, 0.15) is 11.6 Å². The lowest BCUT2D eigenvalue weighted by atomic mass is 10.2. The number of anilines is 1. The van der Waals surface area contributed by atoms with E-state index in [1.54, 1.807) is 35.4 Å². The van der Waals surface area contributed by atoms with E-state index in [2.05, 4.69) is 15.6 Å². The van der Waals surface area contributed by atoms with Gasteiger partial charge in [0.05, 0.1) is 23.3 Å². The van der Waals surface area contributed by atoms with E-state index in [9.17, 15) is 18.4 Å². The van der Waals surface area contributed by atoms with Crippen LogP contribution in [0.3, 0.4) is 0 Å². The predicted octanol–water partition coefficient (Wildman–Crippen LogP) is 2.91. The van der Waals surface area contributed by atoms with Gasteiger partial charge < -0.3 is 15.2 Å². The predicted molar refractivity (Wildman–Crippen MR) is 95.5 cm³/mol. The molecule has 2 N–H and O–H groups in total. The topological polar surface area (TPSA) is 76.0 Å². The Morgan fingerprint density at radius 3 is 2.67 bits per heavy atom. The molecule has 0 spiro atoms. The highest BCUT2D eigenvalue weighted by molar-refractivity contribution is 5.96. The summed E-state index contributed by atoms with van der Waals surface area (Å²) in [5, 5.41) is 5.21.